The summed E-state index contributed by atoms with van der Waals surface area (Å²) in [6, 6.07) is 14.3. The Kier molecular flexibility index (Phi) is 7.66. The predicted octanol–water partition coefficient (Wildman–Crippen LogP) is 3.89. The van der Waals surface area contributed by atoms with Gasteiger partial charge in [-0.05, 0) is 43.3 Å². The highest BCUT2D eigenvalue weighted by Crippen LogP contribution is 2.36. The Labute approximate surface area is 221 Å². The van der Waals surface area contributed by atoms with Crippen LogP contribution in [-0.4, -0.2) is 30.2 Å². The zero-order valence-corrected chi connectivity index (χ0v) is 21.4. The molecule has 0 aliphatic carbocycles. The second-order valence-corrected chi connectivity index (χ2v) is 10.5. The molecule has 0 fully saturated rings. The normalized spacial score (nSPS) is 10.9. The third-order valence-electron chi connectivity index (χ3n) is 5.07. The number of nitrogens with two attached hydrogens (primary N) is 1. The first-order chi connectivity index (χ1) is 18.2. The number of carbonyl (C=O) groups excluding carboxylic acids is 1. The number of hydrogen-bond acceptors (Lipinski definition) is 11. The number of aromatic nitrogens is 2. The van der Waals surface area contributed by atoms with Gasteiger partial charge < -0.3 is 20.0 Å². The molecule has 3 aromatic heterocycles. The predicted molar refractivity (Wildman–Crippen MR) is 138 cm³/mol. The van der Waals surface area contributed by atoms with E-state index in [2.05, 4.69) is 26.2 Å². The van der Waals surface area contributed by atoms with E-state index in [0.717, 1.165) is 11.8 Å². The number of hydrogen-bond donors (Lipinski definition) is 3. The number of rotatable bonds is 9. The van der Waals surface area contributed by atoms with Gasteiger partial charge in [-0.1, -0.05) is 5.16 Å². The molecule has 3 heterocycles. The molecule has 0 radical (unpaired) electrons. The topological polar surface area (TPSA) is 201 Å². The standard InChI is InChI=1S/C24H19N7O5S2/c1-14-11-20(30-36-14)31-38(33,34)16-6-4-15(5-7-16)28-21(32)8-10-37-24-18(13-26)22(19-3-2-9-35-19)17(12-25)23(27)29-24/h2-7,9,11H,8,10H2,1H3,(H2,27,29)(H,28,32)(H,30,31). The summed E-state index contributed by atoms with van der Waals surface area (Å²) >= 11 is 1.14. The Bertz CT molecular complexity index is 1670. The van der Waals surface area contributed by atoms with E-state index in [-0.39, 0.29) is 56.3 Å². The summed E-state index contributed by atoms with van der Waals surface area (Å²) in [6.45, 7) is 1.64. The van der Waals surface area contributed by atoms with Crippen molar-refractivity contribution in [1.82, 2.24) is 10.1 Å². The molecule has 0 unspecified atom stereocenters. The van der Waals surface area contributed by atoms with E-state index in [0.29, 0.717) is 17.2 Å². The average molecular weight is 550 g/mol. The molecule has 0 aliphatic rings. The van der Waals surface area contributed by atoms with Crippen molar-refractivity contribution >= 4 is 45.0 Å². The molecule has 1 aromatic carbocycles. The van der Waals surface area contributed by atoms with Gasteiger partial charge in [-0.2, -0.15) is 10.5 Å². The van der Waals surface area contributed by atoms with Crippen molar-refractivity contribution < 1.29 is 22.2 Å². The molecule has 0 atom stereocenters. The molecular weight excluding hydrogens is 530 g/mol. The Hall–Kier alpha value is -4.79. The molecule has 1 amide bonds. The van der Waals surface area contributed by atoms with Crippen molar-refractivity contribution in [2.45, 2.75) is 23.3 Å². The lowest BCUT2D eigenvalue weighted by Crippen LogP contribution is -2.14. The molecule has 0 bridgehead atoms. The number of benzene rings is 1. The van der Waals surface area contributed by atoms with E-state index < -0.39 is 10.0 Å². The van der Waals surface area contributed by atoms with Gasteiger partial charge in [0.05, 0.1) is 22.3 Å². The van der Waals surface area contributed by atoms with Crippen LogP contribution in [0.1, 0.15) is 23.3 Å². The van der Waals surface area contributed by atoms with Crippen molar-refractivity contribution in [3.8, 4) is 23.5 Å². The van der Waals surface area contributed by atoms with E-state index in [1.165, 1.54) is 36.6 Å². The number of nitriles is 2. The number of nitrogen functional groups attached to an aromatic ring is 1. The Morgan fingerprint density at radius 2 is 1.89 bits per heavy atom. The molecule has 4 aromatic rings. The zero-order valence-electron chi connectivity index (χ0n) is 19.8. The average Bonchev–Trinajstić information content (AvgIpc) is 3.55. The molecule has 4 rings (SSSR count). The lowest BCUT2D eigenvalue weighted by molar-refractivity contribution is -0.115. The van der Waals surface area contributed by atoms with Crippen molar-refractivity contribution in [3.05, 3.63) is 65.6 Å². The van der Waals surface area contributed by atoms with E-state index in [9.17, 15) is 23.7 Å². The lowest BCUT2D eigenvalue weighted by atomic mass is 10.0. The number of pyridine rings is 1. The highest BCUT2D eigenvalue weighted by molar-refractivity contribution is 7.99. The van der Waals surface area contributed by atoms with Crippen LogP contribution in [0.4, 0.5) is 17.3 Å². The molecule has 192 valence electrons. The summed E-state index contributed by atoms with van der Waals surface area (Å²) in [5.41, 5.74) is 6.77. The summed E-state index contributed by atoms with van der Waals surface area (Å²) in [7, 11) is -3.88. The summed E-state index contributed by atoms with van der Waals surface area (Å²) in [5.74, 6) is 0.697. The maximum atomic E-state index is 12.5. The summed E-state index contributed by atoms with van der Waals surface area (Å²) in [5, 5.41) is 25.8. The number of thioether (sulfide) groups is 1. The van der Waals surface area contributed by atoms with Crippen LogP contribution in [0.2, 0.25) is 0 Å². The summed E-state index contributed by atoms with van der Waals surface area (Å²) < 4.78 is 37.5. The summed E-state index contributed by atoms with van der Waals surface area (Å²) in [4.78, 5) is 16.6. The van der Waals surface area contributed by atoms with Crippen LogP contribution in [0, 0.1) is 29.6 Å². The van der Waals surface area contributed by atoms with Crippen molar-refractivity contribution in [2.24, 2.45) is 0 Å². The van der Waals surface area contributed by atoms with Gasteiger partial charge in [0, 0.05) is 23.9 Å². The first-order valence-corrected chi connectivity index (χ1v) is 13.3. The molecule has 4 N–H and O–H groups in total. The van der Waals surface area contributed by atoms with Crippen LogP contribution in [0.5, 0.6) is 0 Å². The van der Waals surface area contributed by atoms with Gasteiger partial charge >= 0.3 is 0 Å². The number of nitrogens with one attached hydrogen (secondary N) is 2. The van der Waals surface area contributed by atoms with E-state index in [1.54, 1.807) is 19.1 Å². The molecule has 0 saturated carbocycles. The number of aryl methyl sites for hydroxylation is 1. The Morgan fingerprint density at radius 3 is 2.50 bits per heavy atom. The number of carbonyl (C=O) groups is 1. The van der Waals surface area contributed by atoms with Gasteiger partial charge in [0.15, 0.2) is 5.82 Å². The lowest BCUT2D eigenvalue weighted by Gasteiger charge is -2.11. The molecule has 0 aliphatic heterocycles. The third-order valence-corrected chi connectivity index (χ3v) is 7.41. The minimum Gasteiger partial charge on any atom is -0.464 e. The maximum absolute atomic E-state index is 12.5. The Morgan fingerprint density at radius 1 is 1.16 bits per heavy atom. The number of amides is 1. The fourth-order valence-corrected chi connectivity index (χ4v) is 5.28. The number of nitrogens with zero attached hydrogens (tertiary/aromatic N) is 4. The minimum absolute atomic E-state index is 0.0208. The van der Waals surface area contributed by atoms with Gasteiger partial charge in [-0.15, -0.1) is 11.8 Å². The van der Waals surface area contributed by atoms with Gasteiger partial charge in [-0.3, -0.25) is 9.52 Å². The van der Waals surface area contributed by atoms with Gasteiger partial charge in [0.2, 0.25) is 5.91 Å². The first-order valence-electron chi connectivity index (χ1n) is 10.9. The third kappa shape index (κ3) is 5.78. The van der Waals surface area contributed by atoms with Crippen LogP contribution < -0.4 is 15.8 Å². The smallest absolute Gasteiger partial charge is 0.263 e. The highest BCUT2D eigenvalue weighted by Gasteiger charge is 2.22. The number of sulfonamides is 1. The molecule has 14 heteroatoms. The van der Waals surface area contributed by atoms with Crippen molar-refractivity contribution in [1.29, 1.82) is 10.5 Å². The minimum atomic E-state index is -3.88. The van der Waals surface area contributed by atoms with E-state index in [4.69, 9.17) is 14.7 Å². The molecule has 0 saturated heterocycles. The Balaban J connectivity index is 1.39. The fraction of sp³-hybridized carbons (Fsp3) is 0.125. The monoisotopic (exact) mass is 549 g/mol. The van der Waals surface area contributed by atoms with Gasteiger partial charge in [-0.25, -0.2) is 13.4 Å². The first kappa shape index (κ1) is 26.3. The van der Waals surface area contributed by atoms with Crippen LogP contribution in [0.3, 0.4) is 0 Å². The van der Waals surface area contributed by atoms with E-state index >= 15 is 0 Å². The van der Waals surface area contributed by atoms with Crippen molar-refractivity contribution in [3.63, 3.8) is 0 Å². The quantitative estimate of drug-likeness (QED) is 0.256. The second-order valence-electron chi connectivity index (χ2n) is 7.73. The SMILES string of the molecule is Cc1cc(NS(=O)(=O)c2ccc(NC(=O)CCSc3nc(N)c(C#N)c(-c4ccco4)c3C#N)cc2)no1. The van der Waals surface area contributed by atoms with Crippen molar-refractivity contribution in [2.75, 3.05) is 21.5 Å². The van der Waals surface area contributed by atoms with Crippen LogP contribution in [0.25, 0.3) is 11.3 Å². The summed E-state index contributed by atoms with van der Waals surface area (Å²) in [6.07, 6.45) is 1.47. The van der Waals surface area contributed by atoms with Gasteiger partial charge in [0.25, 0.3) is 10.0 Å². The van der Waals surface area contributed by atoms with Crippen LogP contribution in [-0.2, 0) is 14.8 Å². The largest absolute Gasteiger partial charge is 0.464 e. The fourth-order valence-electron chi connectivity index (χ4n) is 3.36. The second kappa shape index (κ2) is 11.1. The number of anilines is 3. The molecule has 0 spiro atoms. The molecular formula is C24H19N7O5S2. The molecule has 38 heavy (non-hydrogen) atoms. The highest BCUT2D eigenvalue weighted by atomic mass is 32.2. The molecule has 12 nitrogen and oxygen atoms in total. The van der Waals surface area contributed by atoms with Gasteiger partial charge in [0.1, 0.15) is 40.1 Å². The van der Waals surface area contributed by atoms with Crippen LogP contribution in [0.15, 0.2) is 67.6 Å². The van der Waals surface area contributed by atoms with Crippen LogP contribution >= 0.6 is 11.8 Å². The zero-order chi connectivity index (χ0) is 27.3. The maximum Gasteiger partial charge on any atom is 0.263 e. The van der Waals surface area contributed by atoms with E-state index in [1.807, 2.05) is 6.07 Å². The number of furan rings is 1.